The average Bonchev–Trinajstić information content (AvgIpc) is 3.37. The third-order valence-corrected chi connectivity index (χ3v) is 7.92. The number of halogens is 1. The number of amides is 2. The lowest BCUT2D eigenvalue weighted by Gasteiger charge is -2.25. The normalized spacial score (nSPS) is 14.3. The number of carbonyl (C=O) groups excluding carboxylic acids is 2. The molecule has 3 aromatic rings. The van der Waals surface area contributed by atoms with E-state index in [0.717, 1.165) is 24.8 Å². The predicted octanol–water partition coefficient (Wildman–Crippen LogP) is 3.79. The zero-order chi connectivity index (χ0) is 26.3. The molecule has 1 fully saturated rings. The first-order chi connectivity index (χ1) is 17.8. The van der Waals surface area contributed by atoms with Crippen LogP contribution in [0.15, 0.2) is 81.1 Å². The van der Waals surface area contributed by atoms with Gasteiger partial charge in [0.2, 0.25) is 10.0 Å². The molecule has 0 aliphatic carbocycles. The summed E-state index contributed by atoms with van der Waals surface area (Å²) in [6.45, 7) is 1.20. The Morgan fingerprint density at radius 3 is 2.38 bits per heavy atom. The minimum Gasteiger partial charge on any atom is -0.459 e. The van der Waals surface area contributed by atoms with Crippen molar-refractivity contribution in [2.24, 2.45) is 5.10 Å². The Balaban J connectivity index is 1.44. The van der Waals surface area contributed by atoms with Crippen LogP contribution in [0.3, 0.4) is 0 Å². The maximum absolute atomic E-state index is 13.4. The first-order valence-corrected chi connectivity index (χ1v) is 13.7. The Morgan fingerprint density at radius 2 is 1.68 bits per heavy atom. The van der Waals surface area contributed by atoms with E-state index < -0.39 is 21.8 Å². The van der Waals surface area contributed by atoms with Gasteiger partial charge in [0.15, 0.2) is 0 Å². The summed E-state index contributed by atoms with van der Waals surface area (Å²) in [4.78, 5) is 26.0. The van der Waals surface area contributed by atoms with Gasteiger partial charge in [0.25, 0.3) is 0 Å². The maximum atomic E-state index is 13.4. The standard InChI is InChI=1S/C26H27ClN4O5S/c27-21-11-9-20(10-12-21)18-31(37(34,35)24-7-3-1-4-8-24)19-23-14-13-22(36-23)17-28-29-25(32)26(33)30-15-5-2-6-16-30/h1,3-4,7-14,17H,2,5-6,15-16,18-19H2,(H,29,32)/b28-17+. The van der Waals surface area contributed by atoms with Crippen molar-refractivity contribution in [1.82, 2.24) is 14.6 Å². The summed E-state index contributed by atoms with van der Waals surface area (Å²) in [7, 11) is -3.84. The van der Waals surface area contributed by atoms with Crippen molar-refractivity contribution in [1.29, 1.82) is 0 Å². The van der Waals surface area contributed by atoms with Gasteiger partial charge >= 0.3 is 11.8 Å². The fraction of sp³-hybridized carbons (Fsp3) is 0.269. The first-order valence-electron chi connectivity index (χ1n) is 11.8. The zero-order valence-corrected chi connectivity index (χ0v) is 21.6. The van der Waals surface area contributed by atoms with Gasteiger partial charge in [0.1, 0.15) is 11.5 Å². The molecule has 0 atom stereocenters. The number of hydrogen-bond donors (Lipinski definition) is 1. The predicted molar refractivity (Wildman–Crippen MR) is 139 cm³/mol. The molecule has 0 unspecified atom stereocenters. The highest BCUT2D eigenvalue weighted by molar-refractivity contribution is 7.89. The smallest absolute Gasteiger partial charge is 0.329 e. The first kappa shape index (κ1) is 26.6. The highest BCUT2D eigenvalue weighted by Crippen LogP contribution is 2.22. The highest BCUT2D eigenvalue weighted by Gasteiger charge is 2.26. The molecule has 1 aliphatic rings. The van der Waals surface area contributed by atoms with Gasteiger partial charge in [-0.05, 0) is 61.2 Å². The van der Waals surface area contributed by atoms with Crippen LogP contribution < -0.4 is 5.43 Å². The topological polar surface area (TPSA) is 112 Å². The lowest BCUT2D eigenvalue weighted by atomic mass is 10.1. The van der Waals surface area contributed by atoms with Crippen LogP contribution >= 0.6 is 11.6 Å². The molecule has 9 nitrogen and oxygen atoms in total. The van der Waals surface area contributed by atoms with Crippen LogP contribution in [-0.4, -0.2) is 48.7 Å². The van der Waals surface area contributed by atoms with Gasteiger partial charge in [-0.15, -0.1) is 0 Å². The summed E-state index contributed by atoms with van der Waals surface area (Å²) in [5, 5.41) is 4.37. The van der Waals surface area contributed by atoms with E-state index in [9.17, 15) is 18.0 Å². The summed E-state index contributed by atoms with van der Waals surface area (Å²) >= 11 is 5.98. The molecule has 2 heterocycles. The SMILES string of the molecule is O=C(N/N=C/c1ccc(CN(Cc2ccc(Cl)cc2)S(=O)(=O)c2ccccc2)o1)C(=O)N1CCCCC1. The molecule has 0 saturated carbocycles. The van der Waals surface area contributed by atoms with Crippen LogP contribution in [0.5, 0.6) is 0 Å². The van der Waals surface area contributed by atoms with E-state index in [2.05, 4.69) is 10.5 Å². The minimum absolute atomic E-state index is 0.0342. The summed E-state index contributed by atoms with van der Waals surface area (Å²) < 4.78 is 33.9. The third kappa shape index (κ3) is 7.06. The fourth-order valence-corrected chi connectivity index (χ4v) is 5.47. The van der Waals surface area contributed by atoms with Crippen molar-refractivity contribution in [2.45, 2.75) is 37.2 Å². The van der Waals surface area contributed by atoms with Crippen molar-refractivity contribution < 1.29 is 22.4 Å². The molecule has 37 heavy (non-hydrogen) atoms. The molecular formula is C26H27ClN4O5S. The number of nitrogens with one attached hydrogen (secondary N) is 1. The number of piperidine rings is 1. The largest absolute Gasteiger partial charge is 0.459 e. The number of hydrazone groups is 1. The molecule has 4 rings (SSSR count). The van der Waals surface area contributed by atoms with E-state index in [1.54, 1.807) is 54.6 Å². The van der Waals surface area contributed by atoms with Gasteiger partial charge in [-0.1, -0.05) is 41.9 Å². The van der Waals surface area contributed by atoms with Crippen LogP contribution in [0.2, 0.25) is 5.02 Å². The number of carbonyl (C=O) groups is 2. The van der Waals surface area contributed by atoms with Crippen LogP contribution in [0.1, 0.15) is 36.3 Å². The van der Waals surface area contributed by atoms with Crippen molar-refractivity contribution >= 4 is 39.7 Å². The van der Waals surface area contributed by atoms with Gasteiger partial charge in [-0.3, -0.25) is 9.59 Å². The Labute approximate surface area is 220 Å². The summed E-state index contributed by atoms with van der Waals surface area (Å²) in [6.07, 6.45) is 4.08. The molecule has 11 heteroatoms. The van der Waals surface area contributed by atoms with Crippen LogP contribution in [-0.2, 0) is 32.7 Å². The van der Waals surface area contributed by atoms with Gasteiger partial charge in [-0.25, -0.2) is 13.8 Å². The maximum Gasteiger partial charge on any atom is 0.329 e. The van der Waals surface area contributed by atoms with Gasteiger partial charge in [0, 0.05) is 24.7 Å². The molecule has 1 aliphatic heterocycles. The monoisotopic (exact) mass is 542 g/mol. The number of nitrogens with zero attached hydrogens (tertiary/aromatic N) is 3. The molecular weight excluding hydrogens is 516 g/mol. The summed E-state index contributed by atoms with van der Waals surface area (Å²) in [6, 6.07) is 18.3. The second kappa shape index (κ2) is 12.2. The Kier molecular flexibility index (Phi) is 8.75. The average molecular weight is 543 g/mol. The third-order valence-electron chi connectivity index (χ3n) is 5.86. The Hall–Kier alpha value is -3.47. The molecule has 0 bridgehead atoms. The van der Waals surface area contributed by atoms with Crippen molar-refractivity contribution in [3.05, 3.63) is 88.8 Å². The Bertz CT molecular complexity index is 1350. The highest BCUT2D eigenvalue weighted by atomic mass is 35.5. The van der Waals surface area contributed by atoms with Gasteiger partial charge in [-0.2, -0.15) is 9.41 Å². The van der Waals surface area contributed by atoms with Crippen molar-refractivity contribution in [3.8, 4) is 0 Å². The minimum atomic E-state index is -3.84. The molecule has 194 valence electrons. The Morgan fingerprint density at radius 1 is 0.973 bits per heavy atom. The van der Waals surface area contributed by atoms with Crippen LogP contribution in [0.25, 0.3) is 0 Å². The second-order valence-electron chi connectivity index (χ2n) is 8.57. The zero-order valence-electron chi connectivity index (χ0n) is 20.0. The summed E-state index contributed by atoms with van der Waals surface area (Å²) in [5.41, 5.74) is 2.99. The number of furan rings is 1. The molecule has 2 amide bonds. The van der Waals surface area contributed by atoms with Gasteiger partial charge < -0.3 is 9.32 Å². The fourth-order valence-electron chi connectivity index (χ4n) is 3.93. The quantitative estimate of drug-likeness (QED) is 0.264. The molecule has 2 aromatic carbocycles. The van der Waals surface area contributed by atoms with Crippen LogP contribution in [0.4, 0.5) is 0 Å². The molecule has 1 saturated heterocycles. The van der Waals surface area contributed by atoms with E-state index in [1.165, 1.54) is 27.6 Å². The van der Waals surface area contributed by atoms with Crippen molar-refractivity contribution in [2.75, 3.05) is 13.1 Å². The van der Waals surface area contributed by atoms with Crippen molar-refractivity contribution in [3.63, 3.8) is 0 Å². The summed E-state index contributed by atoms with van der Waals surface area (Å²) in [5.74, 6) is -0.746. The van der Waals surface area contributed by atoms with E-state index in [0.29, 0.717) is 29.6 Å². The van der Waals surface area contributed by atoms with Gasteiger partial charge in [0.05, 0.1) is 17.7 Å². The van der Waals surface area contributed by atoms with E-state index in [1.807, 2.05) is 0 Å². The molecule has 1 aromatic heterocycles. The molecule has 1 N–H and O–H groups in total. The second-order valence-corrected chi connectivity index (χ2v) is 10.9. The number of likely N-dealkylation sites (tertiary alicyclic amines) is 1. The van der Waals surface area contributed by atoms with E-state index in [4.69, 9.17) is 16.0 Å². The van der Waals surface area contributed by atoms with Crippen LogP contribution in [0, 0.1) is 0 Å². The lowest BCUT2D eigenvalue weighted by Crippen LogP contribution is -2.43. The molecule has 0 radical (unpaired) electrons. The number of benzene rings is 2. The lowest BCUT2D eigenvalue weighted by molar-refractivity contribution is -0.146. The number of sulfonamides is 1. The van der Waals surface area contributed by atoms with E-state index >= 15 is 0 Å². The van der Waals surface area contributed by atoms with E-state index in [-0.39, 0.29) is 18.0 Å². The number of hydrogen-bond acceptors (Lipinski definition) is 6. The molecule has 0 spiro atoms. The number of rotatable bonds is 8.